The van der Waals surface area contributed by atoms with Crippen LogP contribution in [-0.2, 0) is 10.9 Å². The summed E-state index contributed by atoms with van der Waals surface area (Å²) in [4.78, 5) is 16.1. The third-order valence-corrected chi connectivity index (χ3v) is 3.16. The van der Waals surface area contributed by atoms with E-state index in [9.17, 15) is 18.0 Å². The number of carbonyl (C=O) groups excluding carboxylic acids is 1. The Morgan fingerprint density at radius 1 is 1.17 bits per heavy atom. The quantitative estimate of drug-likeness (QED) is 0.486. The smallest absolute Gasteiger partial charge is 0.416 e. The second-order valence-electron chi connectivity index (χ2n) is 4.98. The summed E-state index contributed by atoms with van der Waals surface area (Å²) in [5.74, 6) is -0.562. The molecule has 0 bridgehead atoms. The Morgan fingerprint density at radius 3 is 2.35 bits per heavy atom. The van der Waals surface area contributed by atoms with Gasteiger partial charge in [0, 0.05) is 12.1 Å². The zero-order valence-electron chi connectivity index (χ0n) is 13.2. The first-order valence-corrected chi connectivity index (χ1v) is 7.45. The van der Waals surface area contributed by atoms with Crippen LogP contribution in [0.2, 0.25) is 0 Å². The second kappa shape index (κ2) is 9.17. The van der Waals surface area contributed by atoms with Gasteiger partial charge < -0.3 is 4.74 Å². The molecule has 0 unspecified atom stereocenters. The molecule has 1 aromatic carbocycles. The highest BCUT2D eigenvalue weighted by molar-refractivity contribution is 6.04. The lowest BCUT2D eigenvalue weighted by molar-refractivity contribution is -0.137. The third kappa shape index (κ3) is 6.71. The van der Waals surface area contributed by atoms with Gasteiger partial charge in [-0.3, -0.25) is 10.1 Å². The number of amides is 1. The van der Waals surface area contributed by atoms with Crippen LogP contribution in [-0.4, -0.2) is 25.6 Å². The van der Waals surface area contributed by atoms with E-state index < -0.39 is 17.6 Å². The zero-order chi connectivity index (χ0) is 17.3. The molecular formula is C16H21F3N2O2. The van der Waals surface area contributed by atoms with Crippen molar-refractivity contribution in [1.29, 1.82) is 0 Å². The molecule has 0 fully saturated rings. The van der Waals surface area contributed by atoms with Gasteiger partial charge in [0.2, 0.25) is 0 Å². The largest absolute Gasteiger partial charge is 0.468 e. The molecule has 23 heavy (non-hydrogen) atoms. The Hall–Kier alpha value is -2.05. The number of hydrogen-bond donors (Lipinski definition) is 1. The predicted molar refractivity (Wildman–Crippen MR) is 82.4 cm³/mol. The van der Waals surface area contributed by atoms with Gasteiger partial charge in [-0.15, -0.1) is 0 Å². The number of methoxy groups -OCH3 is 1. The highest BCUT2D eigenvalue weighted by atomic mass is 19.4. The minimum Gasteiger partial charge on any atom is -0.468 e. The van der Waals surface area contributed by atoms with Crippen molar-refractivity contribution in [2.75, 3.05) is 13.7 Å². The topological polar surface area (TPSA) is 50.7 Å². The normalized spacial score (nSPS) is 12.1. The van der Waals surface area contributed by atoms with E-state index in [-0.39, 0.29) is 11.6 Å². The number of rotatable bonds is 6. The van der Waals surface area contributed by atoms with E-state index in [2.05, 4.69) is 17.2 Å². The van der Waals surface area contributed by atoms with Crippen LogP contribution in [0.5, 0.6) is 0 Å². The van der Waals surface area contributed by atoms with Crippen molar-refractivity contribution in [1.82, 2.24) is 5.32 Å². The van der Waals surface area contributed by atoms with Gasteiger partial charge in [0.15, 0.2) is 0 Å². The molecule has 0 heterocycles. The van der Waals surface area contributed by atoms with Crippen LogP contribution in [0.25, 0.3) is 0 Å². The fourth-order valence-electron chi connectivity index (χ4n) is 1.85. The molecule has 0 aliphatic rings. The molecule has 7 heteroatoms. The molecule has 1 rings (SSSR count). The monoisotopic (exact) mass is 330 g/mol. The fraction of sp³-hybridized carbons (Fsp3) is 0.500. The highest BCUT2D eigenvalue weighted by Crippen LogP contribution is 2.29. The lowest BCUT2D eigenvalue weighted by Gasteiger charge is -2.09. The van der Waals surface area contributed by atoms with Crippen LogP contribution in [0.3, 0.4) is 0 Å². The molecule has 0 aliphatic carbocycles. The number of carbonyl (C=O) groups is 1. The number of ether oxygens (including phenoxy) is 1. The summed E-state index contributed by atoms with van der Waals surface area (Å²) in [7, 11) is 1.37. The van der Waals surface area contributed by atoms with Crippen molar-refractivity contribution in [2.45, 2.75) is 38.8 Å². The van der Waals surface area contributed by atoms with Crippen LogP contribution >= 0.6 is 0 Å². The predicted octanol–water partition coefficient (Wildman–Crippen LogP) is 4.02. The van der Waals surface area contributed by atoms with Crippen LogP contribution in [0.4, 0.5) is 13.2 Å². The lowest BCUT2D eigenvalue weighted by atomic mass is 10.1. The molecule has 1 N–H and O–H groups in total. The van der Waals surface area contributed by atoms with E-state index in [4.69, 9.17) is 4.74 Å². The van der Waals surface area contributed by atoms with Gasteiger partial charge in [0.1, 0.15) is 0 Å². The molecule has 1 amide bonds. The molecule has 0 atom stereocenters. The number of amidine groups is 1. The first-order valence-electron chi connectivity index (χ1n) is 7.45. The van der Waals surface area contributed by atoms with Gasteiger partial charge >= 0.3 is 6.18 Å². The Kier molecular flexibility index (Phi) is 7.57. The highest BCUT2D eigenvalue weighted by Gasteiger charge is 2.30. The van der Waals surface area contributed by atoms with E-state index in [1.807, 2.05) is 0 Å². The van der Waals surface area contributed by atoms with Crippen molar-refractivity contribution in [3.05, 3.63) is 35.4 Å². The van der Waals surface area contributed by atoms with Crippen molar-refractivity contribution in [3.63, 3.8) is 0 Å². The summed E-state index contributed by atoms with van der Waals surface area (Å²) < 4.78 is 42.4. The lowest BCUT2D eigenvalue weighted by Crippen LogP contribution is -2.32. The Labute approximate surface area is 133 Å². The summed E-state index contributed by atoms with van der Waals surface area (Å²) in [6.45, 7) is 2.63. The van der Waals surface area contributed by atoms with E-state index in [0.29, 0.717) is 6.54 Å². The van der Waals surface area contributed by atoms with Crippen LogP contribution in [0.1, 0.15) is 48.5 Å². The van der Waals surface area contributed by atoms with Crippen LogP contribution < -0.4 is 5.32 Å². The maximum atomic E-state index is 12.5. The van der Waals surface area contributed by atoms with Crippen LogP contribution in [0.15, 0.2) is 29.3 Å². The summed E-state index contributed by atoms with van der Waals surface area (Å²) in [6.07, 6.45) is -0.255. The van der Waals surface area contributed by atoms with Gasteiger partial charge in [-0.1, -0.05) is 26.2 Å². The van der Waals surface area contributed by atoms with E-state index in [0.717, 1.165) is 49.9 Å². The van der Waals surface area contributed by atoms with E-state index in [1.165, 1.54) is 7.11 Å². The maximum Gasteiger partial charge on any atom is 0.416 e. The number of unbranched alkanes of at least 4 members (excludes halogenated alkanes) is 3. The van der Waals surface area contributed by atoms with Crippen molar-refractivity contribution in [2.24, 2.45) is 4.99 Å². The third-order valence-electron chi connectivity index (χ3n) is 3.16. The molecule has 0 spiro atoms. The first kappa shape index (κ1) is 19.0. The Bertz CT molecular complexity index is 525. The van der Waals surface area contributed by atoms with Crippen molar-refractivity contribution in [3.8, 4) is 0 Å². The SMILES string of the molecule is CCCCCCN=C(NC(=O)c1ccc(C(F)(F)F)cc1)OC. The molecule has 4 nitrogen and oxygen atoms in total. The molecule has 128 valence electrons. The fourth-order valence-corrected chi connectivity index (χ4v) is 1.85. The number of halogens is 3. The number of hydrogen-bond acceptors (Lipinski definition) is 3. The standard InChI is InChI=1S/C16H21F3N2O2/c1-3-4-5-6-11-20-15(23-2)21-14(22)12-7-9-13(10-8-12)16(17,18)19/h7-10H,3-6,11H2,1-2H3,(H,20,21,22). The second-order valence-corrected chi connectivity index (χ2v) is 4.98. The Balaban J connectivity index is 2.60. The van der Waals surface area contributed by atoms with Gasteiger partial charge in [0.25, 0.3) is 11.9 Å². The van der Waals surface area contributed by atoms with Crippen LogP contribution in [0, 0.1) is 0 Å². The van der Waals surface area contributed by atoms with Gasteiger partial charge in [-0.05, 0) is 30.7 Å². The van der Waals surface area contributed by atoms with Gasteiger partial charge in [-0.2, -0.15) is 13.2 Å². The minimum atomic E-state index is -4.42. The first-order chi connectivity index (χ1) is 10.9. The number of nitrogens with zero attached hydrogens (tertiary/aromatic N) is 1. The van der Waals surface area contributed by atoms with Crippen molar-refractivity contribution >= 4 is 11.9 Å². The molecule has 0 aliphatic heterocycles. The number of aliphatic imine (C=N–C) groups is 1. The van der Waals surface area contributed by atoms with Gasteiger partial charge in [0.05, 0.1) is 12.7 Å². The summed E-state index contributed by atoms with van der Waals surface area (Å²) in [5.41, 5.74) is -0.695. The molecule has 0 saturated heterocycles. The Morgan fingerprint density at radius 2 is 1.83 bits per heavy atom. The number of benzene rings is 1. The maximum absolute atomic E-state index is 12.5. The average Bonchev–Trinajstić information content (AvgIpc) is 2.52. The number of nitrogens with one attached hydrogen (secondary N) is 1. The summed E-state index contributed by atoms with van der Waals surface area (Å²) in [5, 5.41) is 2.44. The number of alkyl halides is 3. The molecule has 0 saturated carbocycles. The molecule has 0 radical (unpaired) electrons. The summed E-state index contributed by atoms with van der Waals surface area (Å²) in [6, 6.07) is 4.03. The molecular weight excluding hydrogens is 309 g/mol. The summed E-state index contributed by atoms with van der Waals surface area (Å²) >= 11 is 0. The average molecular weight is 330 g/mol. The van der Waals surface area contributed by atoms with E-state index in [1.54, 1.807) is 0 Å². The van der Waals surface area contributed by atoms with Gasteiger partial charge in [-0.25, -0.2) is 4.99 Å². The molecule has 1 aromatic rings. The minimum absolute atomic E-state index is 0.0615. The molecule has 0 aromatic heterocycles. The van der Waals surface area contributed by atoms with E-state index >= 15 is 0 Å². The van der Waals surface area contributed by atoms with Crippen molar-refractivity contribution < 1.29 is 22.7 Å². The zero-order valence-corrected chi connectivity index (χ0v) is 13.2.